The molecule has 1 atom stereocenters. The Bertz CT molecular complexity index is 2200. The summed E-state index contributed by atoms with van der Waals surface area (Å²) in [6.45, 7) is 14.4. The van der Waals surface area contributed by atoms with E-state index in [0.29, 0.717) is 39.8 Å². The Morgan fingerprint density at radius 2 is 1.28 bits per heavy atom. The molecule has 0 bridgehead atoms. The second kappa shape index (κ2) is 15.5. The summed E-state index contributed by atoms with van der Waals surface area (Å²) in [5, 5.41) is 32.3. The number of aryl methyl sites for hydroxylation is 1. The zero-order chi connectivity index (χ0) is 40.7. The minimum atomic E-state index is -2.44. The lowest BCUT2D eigenvalue weighted by atomic mass is 9.87. The molecule has 0 fully saturated rings. The molecule has 286 valence electrons. The number of carboxylic acid groups (broad SMARTS) is 1. The lowest BCUT2D eigenvalue weighted by molar-refractivity contribution is -0.151. The molecular formula is C40H41BrO13. The van der Waals surface area contributed by atoms with Gasteiger partial charge in [0.25, 0.3) is 0 Å². The fraction of sp³-hybridized carbons (Fsp3) is 0.325. The summed E-state index contributed by atoms with van der Waals surface area (Å²) in [5.41, 5.74) is 0.462. The van der Waals surface area contributed by atoms with Crippen LogP contribution in [0.2, 0.25) is 0 Å². The number of aromatic carboxylic acids is 1. The number of aromatic hydroxyl groups is 1. The molecule has 0 aliphatic heterocycles. The molecule has 0 amide bonds. The third kappa shape index (κ3) is 6.87. The number of ether oxygens (including phenoxy) is 5. The van der Waals surface area contributed by atoms with E-state index < -0.39 is 41.0 Å². The first-order valence-corrected chi connectivity index (χ1v) is 17.4. The maximum atomic E-state index is 13.8. The van der Waals surface area contributed by atoms with Crippen LogP contribution < -0.4 is 18.9 Å². The van der Waals surface area contributed by atoms with Crippen molar-refractivity contribution >= 4 is 45.6 Å². The molecule has 4 rings (SSSR count). The van der Waals surface area contributed by atoms with Gasteiger partial charge in [0, 0.05) is 11.6 Å². The fourth-order valence-corrected chi connectivity index (χ4v) is 7.00. The number of hydrogen-bond acceptors (Lipinski definition) is 12. The number of methoxy groups -OCH3 is 2. The third-order valence-electron chi connectivity index (χ3n) is 9.87. The standard InChI is InChI=1S/C40H41BrO13/c1-12-25-33(22(8)21(7)30(36(44)45)35(25)51-11)53-37(46)28-16(2)13-26(18(4)19(28)5)52-38(47)29-20(6)23(9)34(31(41)32(29)43)54-39(48)40(49)17(3)14-24(42)15-27(40)50-10/h13-15,43,49H,12H2,1-11H3,(H,44,45)/t40-/m1/s1. The van der Waals surface area contributed by atoms with Crippen LogP contribution in [0.3, 0.4) is 0 Å². The number of aliphatic hydroxyl groups is 1. The highest BCUT2D eigenvalue weighted by Crippen LogP contribution is 2.44. The van der Waals surface area contributed by atoms with Gasteiger partial charge in [-0.2, -0.15) is 0 Å². The minimum Gasteiger partial charge on any atom is -0.506 e. The van der Waals surface area contributed by atoms with Gasteiger partial charge in [-0.3, -0.25) is 4.79 Å². The number of phenolic OH excluding ortho intramolecular Hbond substituents is 1. The number of carbonyl (C=O) groups is 5. The van der Waals surface area contributed by atoms with Gasteiger partial charge in [-0.05, 0) is 134 Å². The number of allylic oxidation sites excluding steroid dienone is 2. The molecular weight excluding hydrogens is 768 g/mol. The van der Waals surface area contributed by atoms with Gasteiger partial charge >= 0.3 is 23.9 Å². The van der Waals surface area contributed by atoms with Crippen molar-refractivity contribution in [1.29, 1.82) is 0 Å². The van der Waals surface area contributed by atoms with E-state index in [1.165, 1.54) is 41.1 Å². The highest BCUT2D eigenvalue weighted by atomic mass is 79.9. The quantitative estimate of drug-likeness (QED) is 0.145. The van der Waals surface area contributed by atoms with Crippen LogP contribution in [0, 0.1) is 48.5 Å². The van der Waals surface area contributed by atoms with Crippen LogP contribution in [0.1, 0.15) is 89.4 Å². The van der Waals surface area contributed by atoms with Crippen LogP contribution >= 0.6 is 15.9 Å². The summed E-state index contributed by atoms with van der Waals surface area (Å²) < 4.78 is 27.7. The smallest absolute Gasteiger partial charge is 0.356 e. The van der Waals surface area contributed by atoms with Crippen LogP contribution in [0.5, 0.6) is 28.7 Å². The van der Waals surface area contributed by atoms with Crippen molar-refractivity contribution in [2.75, 3.05) is 14.2 Å². The molecule has 0 radical (unpaired) electrons. The van der Waals surface area contributed by atoms with Crippen LogP contribution in [0.15, 0.2) is 34.0 Å². The molecule has 0 heterocycles. The van der Waals surface area contributed by atoms with E-state index in [1.54, 1.807) is 41.5 Å². The predicted molar refractivity (Wildman–Crippen MR) is 199 cm³/mol. The Morgan fingerprint density at radius 1 is 0.722 bits per heavy atom. The van der Waals surface area contributed by atoms with E-state index in [-0.39, 0.29) is 66.6 Å². The second-order valence-electron chi connectivity index (χ2n) is 12.9. The van der Waals surface area contributed by atoms with Crippen molar-refractivity contribution in [1.82, 2.24) is 0 Å². The number of carbonyl (C=O) groups excluding carboxylic acids is 4. The van der Waals surface area contributed by atoms with Gasteiger partial charge in [-0.15, -0.1) is 0 Å². The van der Waals surface area contributed by atoms with Crippen LogP contribution in [0.25, 0.3) is 0 Å². The molecule has 13 nitrogen and oxygen atoms in total. The van der Waals surface area contributed by atoms with Gasteiger partial charge in [0.05, 0.1) is 19.8 Å². The summed E-state index contributed by atoms with van der Waals surface area (Å²) in [6, 6.07) is 1.49. The molecule has 0 unspecified atom stereocenters. The van der Waals surface area contributed by atoms with E-state index in [1.807, 2.05) is 0 Å². The zero-order valence-electron chi connectivity index (χ0n) is 31.7. The van der Waals surface area contributed by atoms with Gasteiger partial charge in [-0.1, -0.05) is 6.92 Å². The van der Waals surface area contributed by atoms with E-state index in [2.05, 4.69) is 15.9 Å². The Balaban J connectivity index is 1.68. The summed E-state index contributed by atoms with van der Waals surface area (Å²) >= 11 is 3.21. The summed E-state index contributed by atoms with van der Waals surface area (Å²) in [5.74, 6) is -5.31. The second-order valence-corrected chi connectivity index (χ2v) is 13.7. The molecule has 0 saturated carbocycles. The summed E-state index contributed by atoms with van der Waals surface area (Å²) in [4.78, 5) is 64.9. The number of ketones is 1. The SMILES string of the molecule is CCc1c(OC(=O)c2c(C)cc(OC(=O)c3c(C)c(C)c(OC(=O)[C@@]4(O)C(C)=CC(=O)C=C4OC)c(Br)c3O)c(C)c2C)c(C)c(C)c(C(=O)O)c1OC. The van der Waals surface area contributed by atoms with Crippen molar-refractivity contribution in [3.8, 4) is 28.7 Å². The van der Waals surface area contributed by atoms with Gasteiger partial charge in [0.1, 0.15) is 44.4 Å². The average molecular weight is 810 g/mol. The monoisotopic (exact) mass is 808 g/mol. The number of rotatable bonds is 10. The van der Waals surface area contributed by atoms with Gasteiger partial charge in [0.2, 0.25) is 5.60 Å². The molecule has 0 aromatic heterocycles. The maximum absolute atomic E-state index is 13.8. The molecule has 14 heteroatoms. The van der Waals surface area contributed by atoms with Crippen molar-refractivity contribution in [3.63, 3.8) is 0 Å². The molecule has 1 aliphatic rings. The number of halogens is 1. The van der Waals surface area contributed by atoms with E-state index in [0.717, 1.165) is 12.2 Å². The third-order valence-corrected chi connectivity index (χ3v) is 10.6. The largest absolute Gasteiger partial charge is 0.506 e. The Kier molecular flexibility index (Phi) is 11.8. The molecule has 0 saturated heterocycles. The predicted octanol–water partition coefficient (Wildman–Crippen LogP) is 6.72. The zero-order valence-corrected chi connectivity index (χ0v) is 33.3. The fourth-order valence-electron chi connectivity index (χ4n) is 6.42. The molecule has 3 aromatic rings. The first-order valence-electron chi connectivity index (χ1n) is 16.6. The van der Waals surface area contributed by atoms with Crippen LogP contribution in [0.4, 0.5) is 0 Å². The Labute approximate surface area is 320 Å². The van der Waals surface area contributed by atoms with Crippen molar-refractivity contribution in [3.05, 3.63) is 95.2 Å². The number of hydrogen-bond donors (Lipinski definition) is 3. The molecule has 3 N–H and O–H groups in total. The van der Waals surface area contributed by atoms with E-state index >= 15 is 0 Å². The summed E-state index contributed by atoms with van der Waals surface area (Å²) in [7, 11) is 2.54. The lowest BCUT2D eigenvalue weighted by Crippen LogP contribution is -2.47. The molecule has 54 heavy (non-hydrogen) atoms. The molecule has 1 aliphatic carbocycles. The number of esters is 3. The van der Waals surface area contributed by atoms with Crippen molar-refractivity contribution in [2.45, 2.75) is 74.3 Å². The molecule has 0 spiro atoms. The van der Waals surface area contributed by atoms with Gasteiger partial charge in [-0.25, -0.2) is 19.2 Å². The average Bonchev–Trinajstić information content (AvgIpc) is 3.11. The highest BCUT2D eigenvalue weighted by Gasteiger charge is 2.48. The van der Waals surface area contributed by atoms with E-state index in [4.69, 9.17) is 23.7 Å². The number of carboxylic acids is 1. The normalized spacial score (nSPS) is 15.2. The van der Waals surface area contributed by atoms with Gasteiger partial charge in [0.15, 0.2) is 11.5 Å². The Hall–Kier alpha value is -5.47. The van der Waals surface area contributed by atoms with Crippen LogP contribution in [-0.4, -0.2) is 64.8 Å². The summed E-state index contributed by atoms with van der Waals surface area (Å²) in [6.07, 6.45) is 2.34. The number of benzene rings is 3. The topological polar surface area (TPSA) is 192 Å². The van der Waals surface area contributed by atoms with E-state index in [9.17, 15) is 39.3 Å². The maximum Gasteiger partial charge on any atom is 0.356 e. The highest BCUT2D eigenvalue weighted by molar-refractivity contribution is 9.10. The van der Waals surface area contributed by atoms with Crippen molar-refractivity contribution in [2.24, 2.45) is 0 Å². The van der Waals surface area contributed by atoms with Gasteiger partial charge < -0.3 is 39.0 Å². The minimum absolute atomic E-state index is 0.0116. The lowest BCUT2D eigenvalue weighted by Gasteiger charge is -2.30. The first kappa shape index (κ1) is 41.3. The number of phenols is 1. The molecule has 3 aromatic carbocycles. The first-order chi connectivity index (χ1) is 25.2. The Morgan fingerprint density at radius 3 is 1.83 bits per heavy atom. The van der Waals surface area contributed by atoms with Crippen molar-refractivity contribution < 1.29 is 63.0 Å². The van der Waals surface area contributed by atoms with Crippen LogP contribution in [-0.2, 0) is 20.7 Å².